The van der Waals surface area contributed by atoms with Crippen LogP contribution in [0, 0.1) is 5.92 Å². The predicted molar refractivity (Wildman–Crippen MR) is 76.0 cm³/mol. The molecule has 1 nitrogen and oxygen atoms in total. The second kappa shape index (κ2) is 4.79. The summed E-state index contributed by atoms with van der Waals surface area (Å²) >= 11 is 0. The van der Waals surface area contributed by atoms with Crippen LogP contribution in [0.2, 0.25) is 13.1 Å². The van der Waals surface area contributed by atoms with Gasteiger partial charge in [-0.15, -0.1) is 0 Å². The lowest BCUT2D eigenvalue weighted by Gasteiger charge is -2.30. The molecule has 0 aromatic heterocycles. The van der Waals surface area contributed by atoms with E-state index in [1.54, 1.807) is 0 Å². The molecule has 0 radical (unpaired) electrons. The fraction of sp³-hybridized carbons (Fsp3) is 0.467. The SMILES string of the molecule is CC1=CC[C@H](O[Si](C)(C)c2ccccc2)[C@H]1C. The molecule has 0 unspecified atom stereocenters. The molecular formula is C15H22OSi. The lowest BCUT2D eigenvalue weighted by molar-refractivity contribution is 0.169. The van der Waals surface area contributed by atoms with Crippen LogP contribution >= 0.6 is 0 Å². The van der Waals surface area contributed by atoms with Gasteiger partial charge in [-0.25, -0.2) is 0 Å². The van der Waals surface area contributed by atoms with E-state index in [2.05, 4.69) is 63.3 Å². The molecule has 0 saturated carbocycles. The van der Waals surface area contributed by atoms with Crippen molar-refractivity contribution in [1.29, 1.82) is 0 Å². The molecule has 2 rings (SSSR count). The molecule has 0 heterocycles. The molecule has 1 aromatic rings. The normalized spacial score (nSPS) is 24.8. The summed E-state index contributed by atoms with van der Waals surface area (Å²) in [6, 6.07) is 10.7. The molecule has 0 saturated heterocycles. The Bertz CT molecular complexity index is 408. The van der Waals surface area contributed by atoms with Crippen LogP contribution in [0.1, 0.15) is 20.3 Å². The van der Waals surface area contributed by atoms with Crippen LogP contribution in [0.15, 0.2) is 42.0 Å². The highest BCUT2D eigenvalue weighted by Crippen LogP contribution is 2.29. The molecule has 1 aromatic carbocycles. The van der Waals surface area contributed by atoms with Gasteiger partial charge in [0.15, 0.2) is 0 Å². The average Bonchev–Trinajstić information content (AvgIpc) is 2.62. The van der Waals surface area contributed by atoms with E-state index in [1.807, 2.05) is 0 Å². The standard InChI is InChI=1S/C15H22OSi/c1-12-10-11-15(13(12)2)16-17(3,4)14-8-6-5-7-9-14/h5-10,13,15H,11H2,1-4H3/t13-,15-/m0/s1. The topological polar surface area (TPSA) is 9.23 Å². The molecule has 1 aliphatic carbocycles. The Balaban J connectivity index is 2.09. The van der Waals surface area contributed by atoms with Gasteiger partial charge >= 0.3 is 0 Å². The summed E-state index contributed by atoms with van der Waals surface area (Å²) in [7, 11) is -1.75. The van der Waals surface area contributed by atoms with Gasteiger partial charge in [0.25, 0.3) is 0 Å². The first kappa shape index (κ1) is 12.6. The summed E-state index contributed by atoms with van der Waals surface area (Å²) in [5.41, 5.74) is 1.48. The summed E-state index contributed by atoms with van der Waals surface area (Å²) < 4.78 is 6.45. The molecule has 0 fully saturated rings. The van der Waals surface area contributed by atoms with Crippen LogP contribution in [0.3, 0.4) is 0 Å². The highest BCUT2D eigenvalue weighted by Gasteiger charge is 2.33. The van der Waals surface area contributed by atoms with E-state index in [0.29, 0.717) is 12.0 Å². The number of benzene rings is 1. The highest BCUT2D eigenvalue weighted by atomic mass is 28.4. The minimum atomic E-state index is -1.75. The lowest BCUT2D eigenvalue weighted by atomic mass is 10.0. The third kappa shape index (κ3) is 2.69. The Labute approximate surface area is 106 Å². The second-order valence-corrected chi connectivity index (χ2v) is 9.34. The van der Waals surface area contributed by atoms with E-state index in [-0.39, 0.29) is 0 Å². The van der Waals surface area contributed by atoms with E-state index in [1.165, 1.54) is 10.8 Å². The lowest BCUT2D eigenvalue weighted by Crippen LogP contribution is -2.48. The molecule has 92 valence electrons. The summed E-state index contributed by atoms with van der Waals surface area (Å²) in [5.74, 6) is 0.575. The van der Waals surface area contributed by atoms with Gasteiger partial charge in [-0.1, -0.05) is 48.9 Å². The second-order valence-electron chi connectivity index (χ2n) is 5.51. The van der Waals surface area contributed by atoms with Crippen LogP contribution < -0.4 is 5.19 Å². The van der Waals surface area contributed by atoms with Crippen LogP contribution in [-0.4, -0.2) is 14.4 Å². The van der Waals surface area contributed by atoms with Crippen molar-refractivity contribution in [2.75, 3.05) is 0 Å². The van der Waals surface area contributed by atoms with Gasteiger partial charge in [0.1, 0.15) is 0 Å². The quantitative estimate of drug-likeness (QED) is 0.586. The van der Waals surface area contributed by atoms with Crippen molar-refractivity contribution in [3.8, 4) is 0 Å². The largest absolute Gasteiger partial charge is 0.409 e. The molecular weight excluding hydrogens is 224 g/mol. The van der Waals surface area contributed by atoms with Gasteiger partial charge in [0.05, 0.1) is 6.10 Å². The van der Waals surface area contributed by atoms with E-state index in [9.17, 15) is 0 Å². The average molecular weight is 246 g/mol. The Hall–Kier alpha value is -0.863. The van der Waals surface area contributed by atoms with Gasteiger partial charge in [0, 0.05) is 5.92 Å². The molecule has 0 N–H and O–H groups in total. The Morgan fingerprint density at radius 1 is 1.18 bits per heavy atom. The Kier molecular flexibility index (Phi) is 3.55. The summed E-state index contributed by atoms with van der Waals surface area (Å²) in [4.78, 5) is 0. The predicted octanol–water partition coefficient (Wildman–Crippen LogP) is 3.47. The van der Waals surface area contributed by atoms with Crippen LogP contribution in [0.25, 0.3) is 0 Å². The maximum atomic E-state index is 6.45. The first-order chi connectivity index (χ1) is 8.00. The van der Waals surface area contributed by atoms with Gasteiger partial charge in [0.2, 0.25) is 8.32 Å². The van der Waals surface area contributed by atoms with Gasteiger partial charge in [-0.05, 0) is 31.6 Å². The van der Waals surface area contributed by atoms with Crippen molar-refractivity contribution in [1.82, 2.24) is 0 Å². The van der Waals surface area contributed by atoms with Crippen molar-refractivity contribution < 1.29 is 4.43 Å². The van der Waals surface area contributed by atoms with Crippen LogP contribution in [0.5, 0.6) is 0 Å². The molecule has 17 heavy (non-hydrogen) atoms. The number of hydrogen-bond donors (Lipinski definition) is 0. The van der Waals surface area contributed by atoms with Crippen molar-refractivity contribution in [3.63, 3.8) is 0 Å². The van der Waals surface area contributed by atoms with E-state index < -0.39 is 8.32 Å². The molecule has 0 bridgehead atoms. The minimum absolute atomic E-state index is 0.386. The van der Waals surface area contributed by atoms with Crippen LogP contribution in [0.4, 0.5) is 0 Å². The zero-order valence-corrected chi connectivity index (χ0v) is 12.2. The molecule has 0 aliphatic heterocycles. The monoisotopic (exact) mass is 246 g/mol. The number of hydrogen-bond acceptors (Lipinski definition) is 1. The van der Waals surface area contributed by atoms with E-state index >= 15 is 0 Å². The zero-order chi connectivity index (χ0) is 12.5. The molecule has 2 atom stereocenters. The van der Waals surface area contributed by atoms with Crippen LogP contribution in [-0.2, 0) is 4.43 Å². The third-order valence-corrected chi connectivity index (χ3v) is 6.48. The van der Waals surface area contributed by atoms with Crippen molar-refractivity contribution in [3.05, 3.63) is 42.0 Å². The summed E-state index contributed by atoms with van der Waals surface area (Å²) in [6.45, 7) is 9.08. The van der Waals surface area contributed by atoms with E-state index in [0.717, 1.165) is 6.42 Å². The Morgan fingerprint density at radius 3 is 2.35 bits per heavy atom. The molecule has 0 amide bonds. The van der Waals surface area contributed by atoms with Crippen molar-refractivity contribution >= 4 is 13.5 Å². The fourth-order valence-corrected chi connectivity index (χ4v) is 4.61. The smallest absolute Gasteiger partial charge is 0.218 e. The minimum Gasteiger partial charge on any atom is -0.409 e. The zero-order valence-electron chi connectivity index (χ0n) is 11.2. The molecule has 2 heteroatoms. The van der Waals surface area contributed by atoms with Gasteiger partial charge < -0.3 is 4.43 Å². The number of rotatable bonds is 3. The molecule has 0 spiro atoms. The van der Waals surface area contributed by atoms with Gasteiger partial charge in [-0.3, -0.25) is 0 Å². The van der Waals surface area contributed by atoms with Crippen molar-refractivity contribution in [2.24, 2.45) is 5.92 Å². The van der Waals surface area contributed by atoms with Crippen molar-refractivity contribution in [2.45, 2.75) is 39.5 Å². The van der Waals surface area contributed by atoms with Gasteiger partial charge in [-0.2, -0.15) is 0 Å². The maximum absolute atomic E-state index is 6.45. The Morgan fingerprint density at radius 2 is 1.82 bits per heavy atom. The first-order valence-corrected chi connectivity index (χ1v) is 9.31. The fourth-order valence-electron chi connectivity index (χ4n) is 2.42. The highest BCUT2D eigenvalue weighted by molar-refractivity contribution is 6.84. The maximum Gasteiger partial charge on any atom is 0.218 e. The summed E-state index contributed by atoms with van der Waals surface area (Å²) in [6.07, 6.45) is 3.79. The summed E-state index contributed by atoms with van der Waals surface area (Å²) in [5, 5.41) is 1.39. The third-order valence-electron chi connectivity index (χ3n) is 3.86. The van der Waals surface area contributed by atoms with E-state index in [4.69, 9.17) is 4.43 Å². The molecule has 1 aliphatic rings. The first-order valence-electron chi connectivity index (χ1n) is 6.41.